The molecule has 3 aromatic rings. The fourth-order valence-corrected chi connectivity index (χ4v) is 4.72. The van der Waals surface area contributed by atoms with Crippen LogP contribution in [0.1, 0.15) is 29.3 Å². The molecule has 0 radical (unpaired) electrons. The number of fused-ring (bicyclic) bond motifs is 1. The highest BCUT2D eigenvalue weighted by Crippen LogP contribution is 2.33. The minimum atomic E-state index is -0.915. The Balaban J connectivity index is 1.57. The summed E-state index contributed by atoms with van der Waals surface area (Å²) in [5.74, 6) is 1.67. The van der Waals surface area contributed by atoms with Gasteiger partial charge >= 0.3 is 0 Å². The number of alkyl halides is 1. The van der Waals surface area contributed by atoms with Crippen molar-refractivity contribution in [3.05, 3.63) is 41.3 Å². The summed E-state index contributed by atoms with van der Waals surface area (Å²) in [4.78, 5) is 10.9. The van der Waals surface area contributed by atoms with Gasteiger partial charge in [-0.3, -0.25) is 0 Å². The van der Waals surface area contributed by atoms with E-state index in [1.54, 1.807) is 17.8 Å². The van der Waals surface area contributed by atoms with E-state index in [9.17, 15) is 14.6 Å². The molecule has 2 aliphatic heterocycles. The van der Waals surface area contributed by atoms with Crippen LogP contribution in [0.25, 0.3) is 16.7 Å². The van der Waals surface area contributed by atoms with Gasteiger partial charge in [0.1, 0.15) is 17.8 Å². The van der Waals surface area contributed by atoms with Gasteiger partial charge in [-0.05, 0) is 50.1 Å². The lowest BCUT2D eigenvalue weighted by atomic mass is 9.85. The largest absolute Gasteiger partial charge is 0.389 e. The molecule has 2 aromatic heterocycles. The Morgan fingerprint density at radius 1 is 1.06 bits per heavy atom. The van der Waals surface area contributed by atoms with Crippen molar-refractivity contribution < 1.29 is 14.6 Å². The molecule has 31 heavy (non-hydrogen) atoms. The lowest BCUT2D eigenvalue weighted by Crippen LogP contribution is -2.36. The quantitative estimate of drug-likeness (QED) is 0.582. The fraction of sp³-hybridized carbons (Fsp3) is 0.500. The molecule has 1 aromatic carbocycles. The van der Waals surface area contributed by atoms with Crippen LogP contribution in [0.2, 0.25) is 0 Å². The van der Waals surface area contributed by atoms with Crippen molar-refractivity contribution in [1.29, 1.82) is 0 Å². The van der Waals surface area contributed by atoms with Crippen molar-refractivity contribution in [3.63, 3.8) is 0 Å². The number of benzene rings is 1. The Labute approximate surface area is 179 Å². The van der Waals surface area contributed by atoms with E-state index in [0.29, 0.717) is 37.1 Å². The maximum absolute atomic E-state index is 14.7. The molecule has 2 saturated heterocycles. The third kappa shape index (κ3) is 3.66. The van der Waals surface area contributed by atoms with Crippen LogP contribution >= 0.6 is 0 Å². The van der Waals surface area contributed by atoms with E-state index in [4.69, 9.17) is 0 Å². The van der Waals surface area contributed by atoms with E-state index < -0.39 is 18.4 Å². The van der Waals surface area contributed by atoms with Gasteiger partial charge in [0.2, 0.25) is 0 Å². The van der Waals surface area contributed by atoms with Crippen LogP contribution in [0, 0.1) is 13.8 Å². The van der Waals surface area contributed by atoms with E-state index in [1.807, 2.05) is 24.0 Å². The lowest BCUT2D eigenvalue weighted by Gasteiger charge is -2.28. The second-order valence-corrected chi connectivity index (χ2v) is 8.61. The van der Waals surface area contributed by atoms with Crippen LogP contribution in [0.5, 0.6) is 0 Å². The van der Waals surface area contributed by atoms with Gasteiger partial charge in [0, 0.05) is 37.0 Å². The first kappa shape index (κ1) is 20.3. The standard InChI is InChI=1S/C22H27FN6O2/c1-12-5-14-8-25-29(18(14)6-16(12)15-3-4-24-9-17(15)23)22-7-21(26-13(2)27-22)28-10-19(30)20(31)11-28/h5-8,15,17,19-20,24,30-31H,3-4,9-11H2,1-2H3/t15?,17?,19-,20?/m0/s1. The number of anilines is 1. The van der Waals surface area contributed by atoms with Gasteiger partial charge in [0.15, 0.2) is 5.82 Å². The molecular formula is C22H27FN6O2. The Bertz CT molecular complexity index is 1110. The number of nitrogens with zero attached hydrogens (tertiary/aromatic N) is 5. The zero-order valence-electron chi connectivity index (χ0n) is 17.7. The van der Waals surface area contributed by atoms with Gasteiger partial charge < -0.3 is 20.4 Å². The minimum absolute atomic E-state index is 0.135. The predicted octanol–water partition coefficient (Wildman–Crippen LogP) is 1.39. The molecule has 8 nitrogen and oxygen atoms in total. The highest BCUT2D eigenvalue weighted by atomic mass is 19.1. The SMILES string of the molecule is Cc1nc(N2CC(O)[C@@H](O)C2)cc(-n2ncc3cc(C)c(C4CCNCC4F)cc32)n1. The topological polar surface area (TPSA) is 99.3 Å². The molecule has 5 rings (SSSR count). The molecule has 0 saturated carbocycles. The Morgan fingerprint density at radius 2 is 1.81 bits per heavy atom. The lowest BCUT2D eigenvalue weighted by molar-refractivity contribution is 0.0572. The molecule has 2 aliphatic rings. The number of piperidine rings is 1. The van der Waals surface area contributed by atoms with Crippen LogP contribution in [-0.2, 0) is 0 Å². The van der Waals surface area contributed by atoms with Gasteiger partial charge in [-0.25, -0.2) is 19.0 Å². The number of nitrogens with one attached hydrogen (secondary N) is 1. The van der Waals surface area contributed by atoms with Gasteiger partial charge in [-0.1, -0.05) is 0 Å². The third-order valence-electron chi connectivity index (χ3n) is 6.37. The highest BCUT2D eigenvalue weighted by Gasteiger charge is 2.31. The van der Waals surface area contributed by atoms with Crippen molar-refractivity contribution >= 4 is 16.7 Å². The van der Waals surface area contributed by atoms with Crippen molar-refractivity contribution in [2.24, 2.45) is 0 Å². The summed E-state index contributed by atoms with van der Waals surface area (Å²) in [7, 11) is 0. The summed E-state index contributed by atoms with van der Waals surface area (Å²) in [6.45, 7) is 5.65. The molecule has 4 heterocycles. The second-order valence-electron chi connectivity index (χ2n) is 8.61. The third-order valence-corrected chi connectivity index (χ3v) is 6.37. The van der Waals surface area contributed by atoms with Crippen molar-refractivity contribution in [2.75, 3.05) is 31.1 Å². The molecular weight excluding hydrogens is 399 g/mol. The summed E-state index contributed by atoms with van der Waals surface area (Å²) in [6, 6.07) is 5.91. The molecule has 164 valence electrons. The number of hydrogen-bond donors (Lipinski definition) is 3. The zero-order valence-corrected chi connectivity index (χ0v) is 17.7. The van der Waals surface area contributed by atoms with Crippen LogP contribution in [0.4, 0.5) is 10.2 Å². The first-order valence-electron chi connectivity index (χ1n) is 10.7. The summed E-state index contributed by atoms with van der Waals surface area (Å²) in [6.07, 6.45) is 0.0454. The van der Waals surface area contributed by atoms with Crippen molar-refractivity contribution in [3.8, 4) is 5.82 Å². The number of halogens is 1. The monoisotopic (exact) mass is 426 g/mol. The first-order chi connectivity index (χ1) is 14.9. The fourth-order valence-electron chi connectivity index (χ4n) is 4.72. The maximum atomic E-state index is 14.7. The average molecular weight is 426 g/mol. The molecule has 0 spiro atoms. The Kier molecular flexibility index (Phi) is 5.11. The summed E-state index contributed by atoms with van der Waals surface area (Å²) < 4.78 is 16.4. The normalized spacial score (nSPS) is 26.7. The predicted molar refractivity (Wildman–Crippen MR) is 115 cm³/mol. The van der Waals surface area contributed by atoms with E-state index in [1.165, 1.54) is 0 Å². The van der Waals surface area contributed by atoms with Crippen LogP contribution in [-0.4, -0.2) is 74.5 Å². The first-order valence-corrected chi connectivity index (χ1v) is 10.7. The van der Waals surface area contributed by atoms with Crippen molar-refractivity contribution in [1.82, 2.24) is 25.1 Å². The summed E-state index contributed by atoms with van der Waals surface area (Å²) in [5.41, 5.74) is 2.96. The maximum Gasteiger partial charge on any atom is 0.159 e. The number of β-amino-alcohol motifs (C(OH)–C–C–N with tert-alkyl or cyclic N) is 2. The Morgan fingerprint density at radius 3 is 2.55 bits per heavy atom. The number of hydrogen-bond acceptors (Lipinski definition) is 7. The van der Waals surface area contributed by atoms with Gasteiger partial charge in [-0.15, -0.1) is 0 Å². The summed E-state index contributed by atoms with van der Waals surface area (Å²) in [5, 5.41) is 28.5. The van der Waals surface area contributed by atoms with Gasteiger partial charge in [-0.2, -0.15) is 5.10 Å². The smallest absolute Gasteiger partial charge is 0.159 e. The van der Waals surface area contributed by atoms with Crippen LogP contribution in [0.3, 0.4) is 0 Å². The summed E-state index contributed by atoms with van der Waals surface area (Å²) >= 11 is 0. The number of aromatic nitrogens is 4. The average Bonchev–Trinajstić information content (AvgIpc) is 3.30. The van der Waals surface area contributed by atoms with Crippen LogP contribution in [0.15, 0.2) is 24.4 Å². The number of aliphatic hydroxyl groups is 2. The van der Waals surface area contributed by atoms with E-state index in [2.05, 4.69) is 26.4 Å². The molecule has 3 N–H and O–H groups in total. The molecule has 9 heteroatoms. The van der Waals surface area contributed by atoms with E-state index in [-0.39, 0.29) is 5.92 Å². The Hall–Kier alpha value is -2.62. The molecule has 4 atom stereocenters. The van der Waals surface area contributed by atoms with Crippen LogP contribution < -0.4 is 10.2 Å². The molecule has 0 aliphatic carbocycles. The molecule has 2 fully saturated rings. The van der Waals surface area contributed by atoms with Gasteiger partial charge in [0.25, 0.3) is 0 Å². The van der Waals surface area contributed by atoms with Crippen molar-refractivity contribution in [2.45, 2.75) is 44.6 Å². The minimum Gasteiger partial charge on any atom is -0.389 e. The van der Waals surface area contributed by atoms with Gasteiger partial charge in [0.05, 0.1) is 23.9 Å². The second kappa shape index (κ2) is 7.81. The molecule has 3 unspecified atom stereocenters. The van der Waals surface area contributed by atoms with E-state index in [0.717, 1.165) is 35.0 Å². The highest BCUT2D eigenvalue weighted by molar-refractivity contribution is 5.82. The number of aryl methyl sites for hydroxylation is 2. The molecule has 0 amide bonds. The number of aliphatic hydroxyl groups excluding tert-OH is 2. The number of rotatable bonds is 3. The van der Waals surface area contributed by atoms with E-state index >= 15 is 0 Å². The zero-order chi connectivity index (χ0) is 21.7. The molecule has 0 bridgehead atoms.